The number of hydrogen-bond donors (Lipinski definition) is 1. The average Bonchev–Trinajstić information content (AvgIpc) is 3.02. The van der Waals surface area contributed by atoms with Gasteiger partial charge in [0.2, 0.25) is 0 Å². The van der Waals surface area contributed by atoms with Crippen molar-refractivity contribution < 1.29 is 9.53 Å². The molecule has 22 heavy (non-hydrogen) atoms. The van der Waals surface area contributed by atoms with Gasteiger partial charge in [0.05, 0.1) is 18.3 Å². The summed E-state index contributed by atoms with van der Waals surface area (Å²) in [6.07, 6.45) is 3.31. The fourth-order valence-electron chi connectivity index (χ4n) is 2.43. The van der Waals surface area contributed by atoms with E-state index in [1.807, 2.05) is 48.5 Å². The van der Waals surface area contributed by atoms with E-state index < -0.39 is 0 Å². The molecule has 0 bridgehead atoms. The van der Waals surface area contributed by atoms with Crippen molar-refractivity contribution in [2.24, 2.45) is 0 Å². The summed E-state index contributed by atoms with van der Waals surface area (Å²) in [6, 6.07) is 15.7. The van der Waals surface area contributed by atoms with Gasteiger partial charge in [-0.2, -0.15) is 5.10 Å². The summed E-state index contributed by atoms with van der Waals surface area (Å²) in [5.74, 6) is -0.349. The van der Waals surface area contributed by atoms with E-state index >= 15 is 0 Å². The Kier molecular flexibility index (Phi) is 4.01. The van der Waals surface area contributed by atoms with Gasteiger partial charge in [0.25, 0.3) is 0 Å². The number of benzene rings is 2. The van der Waals surface area contributed by atoms with Crippen LogP contribution in [-0.2, 0) is 9.53 Å². The maximum atomic E-state index is 12.0. The van der Waals surface area contributed by atoms with Gasteiger partial charge in [0, 0.05) is 17.0 Å². The van der Waals surface area contributed by atoms with Gasteiger partial charge in [-0.1, -0.05) is 48.5 Å². The molecular weight excluding hydrogens is 276 g/mol. The number of H-pyrrole nitrogens is 1. The average molecular weight is 292 g/mol. The molecule has 2 aromatic carbocycles. The quantitative estimate of drug-likeness (QED) is 0.591. The van der Waals surface area contributed by atoms with Gasteiger partial charge >= 0.3 is 5.97 Å². The molecule has 0 saturated heterocycles. The third-order valence-corrected chi connectivity index (χ3v) is 3.40. The number of hydrogen-bond acceptors (Lipinski definition) is 3. The van der Waals surface area contributed by atoms with Crippen molar-refractivity contribution in [2.75, 3.05) is 6.61 Å². The molecule has 4 heteroatoms. The first-order valence-corrected chi connectivity index (χ1v) is 7.16. The highest BCUT2D eigenvalue weighted by atomic mass is 16.5. The Labute approximate surface area is 128 Å². The zero-order valence-corrected chi connectivity index (χ0v) is 12.2. The fourth-order valence-corrected chi connectivity index (χ4v) is 2.43. The third kappa shape index (κ3) is 2.76. The Morgan fingerprint density at radius 1 is 1.18 bits per heavy atom. The largest absolute Gasteiger partial charge is 0.463 e. The maximum absolute atomic E-state index is 12.0. The topological polar surface area (TPSA) is 55.0 Å². The van der Waals surface area contributed by atoms with E-state index in [4.69, 9.17) is 4.74 Å². The summed E-state index contributed by atoms with van der Waals surface area (Å²) in [5.41, 5.74) is 3.60. The van der Waals surface area contributed by atoms with Crippen LogP contribution in [0, 0.1) is 0 Å². The van der Waals surface area contributed by atoms with Gasteiger partial charge < -0.3 is 4.74 Å². The molecule has 1 N–H and O–H groups in total. The molecule has 0 unspecified atom stereocenters. The molecule has 0 radical (unpaired) electrons. The van der Waals surface area contributed by atoms with Crippen LogP contribution in [0.5, 0.6) is 0 Å². The van der Waals surface area contributed by atoms with E-state index in [-0.39, 0.29) is 5.97 Å². The summed E-state index contributed by atoms with van der Waals surface area (Å²) >= 11 is 0. The van der Waals surface area contributed by atoms with E-state index in [0.717, 1.165) is 27.6 Å². The molecule has 1 aromatic heterocycles. The number of fused-ring (bicyclic) bond motifs is 1. The summed E-state index contributed by atoms with van der Waals surface area (Å²) in [4.78, 5) is 12.0. The smallest absolute Gasteiger partial charge is 0.331 e. The first kappa shape index (κ1) is 14.1. The molecule has 0 aliphatic rings. The molecule has 0 saturated carbocycles. The van der Waals surface area contributed by atoms with Crippen LogP contribution in [0.3, 0.4) is 0 Å². The predicted molar refractivity (Wildman–Crippen MR) is 86.2 cm³/mol. The van der Waals surface area contributed by atoms with E-state index in [1.54, 1.807) is 13.1 Å². The lowest BCUT2D eigenvalue weighted by Gasteiger charge is -2.09. The minimum atomic E-state index is -0.349. The van der Waals surface area contributed by atoms with Gasteiger partial charge in [-0.15, -0.1) is 0 Å². The minimum absolute atomic E-state index is 0.349. The summed E-state index contributed by atoms with van der Waals surface area (Å²) in [5, 5.41) is 8.09. The SMILES string of the molecule is CCOC(=O)C=C(c1ccccc1)c1cccc2cn[nH]c12. The van der Waals surface area contributed by atoms with Gasteiger partial charge in [-0.25, -0.2) is 4.79 Å². The van der Waals surface area contributed by atoms with Crippen LogP contribution in [-0.4, -0.2) is 22.8 Å². The number of carbonyl (C=O) groups is 1. The number of aromatic amines is 1. The van der Waals surface area contributed by atoms with E-state index in [2.05, 4.69) is 10.2 Å². The second-order valence-corrected chi connectivity index (χ2v) is 4.82. The lowest BCUT2D eigenvalue weighted by Crippen LogP contribution is -2.02. The van der Waals surface area contributed by atoms with E-state index in [9.17, 15) is 4.79 Å². The van der Waals surface area contributed by atoms with Crippen molar-refractivity contribution in [3.8, 4) is 0 Å². The third-order valence-electron chi connectivity index (χ3n) is 3.40. The Bertz CT molecular complexity index is 819. The number of para-hydroxylation sites is 1. The van der Waals surface area contributed by atoms with Gasteiger partial charge in [-0.05, 0) is 18.1 Å². The Morgan fingerprint density at radius 3 is 2.77 bits per heavy atom. The summed E-state index contributed by atoms with van der Waals surface area (Å²) < 4.78 is 5.07. The van der Waals surface area contributed by atoms with Gasteiger partial charge in [0.15, 0.2) is 0 Å². The second-order valence-electron chi connectivity index (χ2n) is 4.82. The Hall–Kier alpha value is -2.88. The highest BCUT2D eigenvalue weighted by molar-refractivity contribution is 6.02. The number of aromatic nitrogens is 2. The molecule has 3 rings (SSSR count). The highest BCUT2D eigenvalue weighted by Crippen LogP contribution is 2.28. The number of carbonyl (C=O) groups excluding carboxylic acids is 1. The predicted octanol–water partition coefficient (Wildman–Crippen LogP) is 3.56. The Morgan fingerprint density at radius 2 is 2.00 bits per heavy atom. The van der Waals surface area contributed by atoms with Crippen molar-refractivity contribution in [1.82, 2.24) is 10.2 Å². The number of esters is 1. The monoisotopic (exact) mass is 292 g/mol. The Balaban J connectivity index is 2.17. The molecule has 0 atom stereocenters. The molecule has 1 heterocycles. The van der Waals surface area contributed by atoms with Crippen molar-refractivity contribution in [3.63, 3.8) is 0 Å². The molecule has 110 valence electrons. The molecular formula is C18H16N2O2. The van der Waals surface area contributed by atoms with Crippen molar-refractivity contribution in [1.29, 1.82) is 0 Å². The molecule has 4 nitrogen and oxygen atoms in total. The van der Waals surface area contributed by atoms with Gasteiger partial charge in [-0.3, -0.25) is 5.10 Å². The minimum Gasteiger partial charge on any atom is -0.463 e. The van der Waals surface area contributed by atoms with Crippen LogP contribution in [0.25, 0.3) is 16.5 Å². The van der Waals surface area contributed by atoms with Crippen molar-refractivity contribution in [2.45, 2.75) is 6.92 Å². The number of ether oxygens (including phenoxy) is 1. The lowest BCUT2D eigenvalue weighted by atomic mass is 9.96. The number of rotatable bonds is 4. The van der Waals surface area contributed by atoms with Crippen LogP contribution in [0.1, 0.15) is 18.1 Å². The van der Waals surface area contributed by atoms with E-state index in [1.165, 1.54) is 6.08 Å². The van der Waals surface area contributed by atoms with Crippen LogP contribution in [0.4, 0.5) is 0 Å². The normalized spacial score (nSPS) is 11.6. The zero-order chi connectivity index (χ0) is 15.4. The van der Waals surface area contributed by atoms with E-state index in [0.29, 0.717) is 6.61 Å². The second kappa shape index (κ2) is 6.26. The van der Waals surface area contributed by atoms with Crippen molar-refractivity contribution in [3.05, 3.63) is 71.9 Å². The standard InChI is InChI=1S/C18H16N2O2/c1-2-22-17(21)11-16(13-7-4-3-5-8-13)15-10-6-9-14-12-19-20-18(14)15/h3-12H,2H2,1H3,(H,19,20). The molecule has 0 aliphatic carbocycles. The summed E-state index contributed by atoms with van der Waals surface area (Å²) in [7, 11) is 0. The zero-order valence-electron chi connectivity index (χ0n) is 12.2. The first-order valence-electron chi connectivity index (χ1n) is 7.16. The lowest BCUT2D eigenvalue weighted by molar-refractivity contribution is -0.137. The fraction of sp³-hybridized carbons (Fsp3) is 0.111. The van der Waals surface area contributed by atoms with Crippen LogP contribution in [0.15, 0.2) is 60.8 Å². The van der Waals surface area contributed by atoms with Crippen LogP contribution < -0.4 is 0 Å². The molecule has 0 amide bonds. The molecule has 3 aromatic rings. The molecule has 0 aliphatic heterocycles. The number of nitrogens with zero attached hydrogens (tertiary/aromatic N) is 1. The van der Waals surface area contributed by atoms with Crippen LogP contribution in [0.2, 0.25) is 0 Å². The summed E-state index contributed by atoms with van der Waals surface area (Å²) in [6.45, 7) is 2.15. The molecule has 0 spiro atoms. The highest BCUT2D eigenvalue weighted by Gasteiger charge is 2.12. The van der Waals surface area contributed by atoms with Crippen LogP contribution >= 0.6 is 0 Å². The maximum Gasteiger partial charge on any atom is 0.331 e. The van der Waals surface area contributed by atoms with Crippen molar-refractivity contribution >= 4 is 22.4 Å². The first-order chi connectivity index (χ1) is 10.8. The number of nitrogens with one attached hydrogen (secondary N) is 1. The van der Waals surface area contributed by atoms with Gasteiger partial charge in [0.1, 0.15) is 0 Å². The molecule has 0 fully saturated rings.